The highest BCUT2D eigenvalue weighted by molar-refractivity contribution is 5.91. The molecule has 4 N–H and O–H groups in total. The number of rotatable bonds is 3. The van der Waals surface area contributed by atoms with Crippen LogP contribution in [0.3, 0.4) is 0 Å². The smallest absolute Gasteiger partial charge is 0.475 e. The third-order valence-corrected chi connectivity index (χ3v) is 5.53. The van der Waals surface area contributed by atoms with Crippen molar-refractivity contribution in [1.82, 2.24) is 10.8 Å². The molecule has 0 radical (unpaired) electrons. The van der Waals surface area contributed by atoms with Gasteiger partial charge in [-0.2, -0.15) is 13.2 Å². The normalized spacial score (nSPS) is 18.6. The molecule has 0 aromatic heterocycles. The topological polar surface area (TPSA) is 102 Å². The van der Waals surface area contributed by atoms with Gasteiger partial charge in [0.15, 0.2) is 0 Å². The fourth-order valence-corrected chi connectivity index (χ4v) is 3.80. The molecule has 2 aliphatic heterocycles. The first-order valence-corrected chi connectivity index (χ1v) is 9.64. The van der Waals surface area contributed by atoms with Crippen molar-refractivity contribution in [2.24, 2.45) is 5.41 Å². The number of para-hydroxylation sites is 1. The Hall–Kier alpha value is -2.59. The second-order valence-electron chi connectivity index (χ2n) is 7.41. The van der Waals surface area contributed by atoms with Crippen LogP contribution in [0.1, 0.15) is 31.2 Å². The van der Waals surface area contributed by atoms with Gasteiger partial charge in [0.2, 0.25) is 0 Å². The molecule has 2 aliphatic rings. The molecule has 10 heteroatoms. The quantitative estimate of drug-likeness (QED) is 0.335. The Labute approximate surface area is 172 Å². The van der Waals surface area contributed by atoms with Gasteiger partial charge in [-0.1, -0.05) is 18.2 Å². The molecule has 0 saturated carbocycles. The molecule has 1 aromatic rings. The van der Waals surface area contributed by atoms with E-state index >= 15 is 0 Å². The van der Waals surface area contributed by atoms with Gasteiger partial charge < -0.3 is 15.3 Å². The summed E-state index contributed by atoms with van der Waals surface area (Å²) in [4.78, 5) is 22.5. The zero-order valence-corrected chi connectivity index (χ0v) is 16.4. The number of hydrogen-bond donors (Lipinski definition) is 4. The van der Waals surface area contributed by atoms with Crippen molar-refractivity contribution in [2.75, 3.05) is 31.1 Å². The maximum Gasteiger partial charge on any atom is 0.490 e. The van der Waals surface area contributed by atoms with Crippen LogP contribution in [0.2, 0.25) is 0 Å². The Kier molecular flexibility index (Phi) is 8.24. The molecule has 0 bridgehead atoms. The summed E-state index contributed by atoms with van der Waals surface area (Å²) in [6.45, 7) is 4.43. The molecular formula is C20H26F3N3O4. The average molecular weight is 429 g/mol. The molecule has 2 fully saturated rings. The van der Waals surface area contributed by atoms with Crippen LogP contribution in [-0.4, -0.2) is 54.5 Å². The zero-order chi connectivity index (χ0) is 22.2. The molecule has 3 rings (SSSR count). The number of nitrogens with zero attached hydrogens (tertiary/aromatic N) is 1. The van der Waals surface area contributed by atoms with E-state index in [0.717, 1.165) is 31.7 Å². The predicted octanol–water partition coefficient (Wildman–Crippen LogP) is 2.81. The number of hydrogen-bond acceptors (Lipinski definition) is 5. The lowest BCUT2D eigenvalue weighted by atomic mass is 9.71. The first-order chi connectivity index (χ1) is 14.2. The lowest BCUT2D eigenvalue weighted by molar-refractivity contribution is -0.192. The van der Waals surface area contributed by atoms with E-state index in [-0.39, 0.29) is 0 Å². The number of nitrogens with one attached hydrogen (secondary N) is 2. The summed E-state index contributed by atoms with van der Waals surface area (Å²) >= 11 is 0. The molecular weight excluding hydrogens is 403 g/mol. The number of hydroxylamine groups is 1. The molecule has 0 aliphatic carbocycles. The third kappa shape index (κ3) is 6.74. The summed E-state index contributed by atoms with van der Waals surface area (Å²) in [7, 11) is 0. The first-order valence-electron chi connectivity index (χ1n) is 9.64. The predicted molar refractivity (Wildman–Crippen MR) is 105 cm³/mol. The van der Waals surface area contributed by atoms with Crippen LogP contribution < -0.4 is 15.7 Å². The van der Waals surface area contributed by atoms with E-state index in [9.17, 15) is 18.0 Å². The summed E-state index contributed by atoms with van der Waals surface area (Å²) in [5, 5.41) is 19.2. The minimum atomic E-state index is -5.08. The van der Waals surface area contributed by atoms with Gasteiger partial charge in [0.1, 0.15) is 0 Å². The van der Waals surface area contributed by atoms with Crippen molar-refractivity contribution in [3.63, 3.8) is 0 Å². The number of aliphatic carboxylic acids is 1. The van der Waals surface area contributed by atoms with Crippen LogP contribution in [0.5, 0.6) is 0 Å². The highest BCUT2D eigenvalue weighted by Gasteiger charge is 2.38. The summed E-state index contributed by atoms with van der Waals surface area (Å²) in [6.07, 6.45) is 3.10. The maximum atomic E-state index is 11.2. The number of carboxylic acid groups (broad SMARTS) is 1. The van der Waals surface area contributed by atoms with Gasteiger partial charge in [-0.15, -0.1) is 0 Å². The Morgan fingerprint density at radius 3 is 2.20 bits per heavy atom. The number of piperidine rings is 2. The van der Waals surface area contributed by atoms with Gasteiger partial charge in [0.25, 0.3) is 5.91 Å². The molecule has 166 valence electrons. The molecule has 2 heterocycles. The Bertz CT molecular complexity index is 752. The van der Waals surface area contributed by atoms with E-state index in [4.69, 9.17) is 15.1 Å². The van der Waals surface area contributed by atoms with Gasteiger partial charge in [-0.05, 0) is 61.9 Å². The Morgan fingerprint density at radius 2 is 1.67 bits per heavy atom. The van der Waals surface area contributed by atoms with Crippen LogP contribution >= 0.6 is 0 Å². The van der Waals surface area contributed by atoms with E-state index in [2.05, 4.69) is 16.3 Å². The summed E-state index contributed by atoms with van der Waals surface area (Å²) in [6, 6.07) is 8.12. The van der Waals surface area contributed by atoms with E-state index in [1.54, 1.807) is 11.6 Å². The van der Waals surface area contributed by atoms with Gasteiger partial charge in [0, 0.05) is 24.9 Å². The van der Waals surface area contributed by atoms with Crippen LogP contribution in [0.25, 0.3) is 6.08 Å². The maximum absolute atomic E-state index is 11.2. The molecule has 1 aromatic carbocycles. The standard InChI is InChI=1S/C18H25N3O2.C2HF3O2/c22-17(20-23)6-5-15-3-1-2-4-16(15)21-13-9-18(10-14-21)7-11-19-12-8-18;3-2(4,5)1(6)7/h1-6,19,23H,7-14H2,(H,20,22);(H,6,7). The number of benzene rings is 1. The van der Waals surface area contributed by atoms with E-state index in [0.29, 0.717) is 5.41 Å². The lowest BCUT2D eigenvalue weighted by Crippen LogP contribution is -2.45. The number of amides is 1. The fourth-order valence-electron chi connectivity index (χ4n) is 3.80. The fraction of sp³-hybridized carbons (Fsp3) is 0.500. The van der Waals surface area contributed by atoms with Gasteiger partial charge in [-0.25, -0.2) is 10.3 Å². The van der Waals surface area contributed by atoms with E-state index < -0.39 is 18.1 Å². The SMILES string of the molecule is O=C(C=Cc1ccccc1N1CCC2(CCNCC2)CC1)NO.O=C(O)C(F)(F)F. The molecule has 30 heavy (non-hydrogen) atoms. The second kappa shape index (κ2) is 10.4. The van der Waals surface area contributed by atoms with Crippen molar-refractivity contribution in [3.05, 3.63) is 35.9 Å². The van der Waals surface area contributed by atoms with Gasteiger partial charge in [-0.3, -0.25) is 10.0 Å². The van der Waals surface area contributed by atoms with Crippen LogP contribution in [-0.2, 0) is 9.59 Å². The molecule has 7 nitrogen and oxygen atoms in total. The molecule has 2 saturated heterocycles. The van der Waals surface area contributed by atoms with Crippen molar-refractivity contribution in [3.8, 4) is 0 Å². The number of anilines is 1. The molecule has 0 atom stereocenters. The number of carbonyl (C=O) groups excluding carboxylic acids is 1. The van der Waals surface area contributed by atoms with E-state index in [1.807, 2.05) is 18.2 Å². The van der Waals surface area contributed by atoms with E-state index in [1.165, 1.54) is 37.4 Å². The van der Waals surface area contributed by atoms with Crippen molar-refractivity contribution in [2.45, 2.75) is 31.9 Å². The van der Waals surface area contributed by atoms with Crippen molar-refractivity contribution >= 4 is 23.6 Å². The monoisotopic (exact) mass is 429 g/mol. The zero-order valence-electron chi connectivity index (χ0n) is 16.4. The second-order valence-corrected chi connectivity index (χ2v) is 7.41. The minimum Gasteiger partial charge on any atom is -0.475 e. The highest BCUT2D eigenvalue weighted by Crippen LogP contribution is 2.41. The minimum absolute atomic E-state index is 0.507. The Balaban J connectivity index is 0.000000396. The van der Waals surface area contributed by atoms with Crippen LogP contribution in [0.4, 0.5) is 18.9 Å². The molecule has 1 spiro atoms. The lowest BCUT2D eigenvalue weighted by Gasteiger charge is -2.45. The van der Waals surface area contributed by atoms with Crippen molar-refractivity contribution in [1.29, 1.82) is 0 Å². The number of halogens is 3. The van der Waals surface area contributed by atoms with Crippen LogP contribution in [0.15, 0.2) is 30.3 Å². The third-order valence-electron chi connectivity index (χ3n) is 5.53. The number of alkyl halides is 3. The van der Waals surface area contributed by atoms with Gasteiger partial charge in [0.05, 0.1) is 0 Å². The summed E-state index contributed by atoms with van der Waals surface area (Å²) in [5.41, 5.74) is 4.34. The number of carboxylic acids is 1. The summed E-state index contributed by atoms with van der Waals surface area (Å²) in [5.74, 6) is -3.26. The van der Waals surface area contributed by atoms with Crippen LogP contribution in [0, 0.1) is 5.41 Å². The summed E-state index contributed by atoms with van der Waals surface area (Å²) < 4.78 is 31.7. The Morgan fingerprint density at radius 1 is 1.10 bits per heavy atom. The van der Waals surface area contributed by atoms with Crippen molar-refractivity contribution < 1.29 is 33.1 Å². The first kappa shape index (κ1) is 23.7. The number of carbonyl (C=O) groups is 2. The van der Waals surface area contributed by atoms with Gasteiger partial charge >= 0.3 is 12.1 Å². The molecule has 1 amide bonds. The average Bonchev–Trinajstić information content (AvgIpc) is 2.73. The molecule has 0 unspecified atom stereocenters. The largest absolute Gasteiger partial charge is 0.490 e. The highest BCUT2D eigenvalue weighted by atomic mass is 19.4.